The Balaban J connectivity index is 1.32. The van der Waals surface area contributed by atoms with Crippen LogP contribution in [0.3, 0.4) is 0 Å². The zero-order chi connectivity index (χ0) is 41.1. The standard InChI is InChI=1S/C43H50N4O10S/c1-8-11-53-32-13-26-9-10-46-43(29(26)14-31(32)51-6)20-58-17-28-34(40-39(55-21-56-40)23(3)38(28)57-25(5)48)30(16-54-41(43)50)47-24(4)35-33-27(15-42(47,18-44)19-45-35)12-22(2)37(52-7)36(33)49/h12-14,24,30,35,45-46,49H,8-11,15-17,19-21H2,1-7H3/t24?,30-,35-,42-,43+/m0/s1. The van der Waals surface area contributed by atoms with E-state index in [0.29, 0.717) is 82.1 Å². The molecule has 14 nitrogen and oxygen atoms in total. The molecule has 9 rings (SSSR count). The summed E-state index contributed by atoms with van der Waals surface area (Å²) < 4.78 is 42.5. The molecule has 3 aromatic rings. The number of methoxy groups -OCH3 is 2. The van der Waals surface area contributed by atoms with Crippen LogP contribution in [-0.4, -0.2) is 86.6 Å². The molecule has 1 saturated heterocycles. The monoisotopic (exact) mass is 814 g/mol. The number of nitrogens with one attached hydrogen (secondary N) is 2. The second kappa shape index (κ2) is 15.4. The molecule has 5 atom stereocenters. The first-order valence-corrected chi connectivity index (χ1v) is 20.9. The Morgan fingerprint density at radius 3 is 2.60 bits per heavy atom. The summed E-state index contributed by atoms with van der Waals surface area (Å²) in [5.74, 6) is 2.38. The normalized spacial score (nSPS) is 26.0. The fourth-order valence-electron chi connectivity index (χ4n) is 9.82. The number of aryl methyl sites for hydroxylation is 1. The van der Waals surface area contributed by atoms with E-state index in [4.69, 9.17) is 33.2 Å². The van der Waals surface area contributed by atoms with E-state index in [1.165, 1.54) is 25.8 Å². The predicted octanol–water partition coefficient (Wildman–Crippen LogP) is 5.19. The first kappa shape index (κ1) is 39.9. The van der Waals surface area contributed by atoms with Crippen LogP contribution in [0.1, 0.15) is 83.8 Å². The highest BCUT2D eigenvalue weighted by Gasteiger charge is 2.56. The number of rotatable bonds is 7. The Bertz CT molecular complexity index is 2230. The Hall–Kier alpha value is -4.88. The second-order valence-electron chi connectivity index (χ2n) is 15.7. The number of ether oxygens (including phenoxy) is 7. The largest absolute Gasteiger partial charge is 0.504 e. The highest BCUT2D eigenvalue weighted by Crippen LogP contribution is 2.56. The molecule has 1 unspecified atom stereocenters. The topological polar surface area (TPSA) is 170 Å². The highest BCUT2D eigenvalue weighted by molar-refractivity contribution is 7.98. The first-order valence-electron chi connectivity index (χ1n) is 19.7. The summed E-state index contributed by atoms with van der Waals surface area (Å²) in [5.41, 5.74) is 3.36. The number of phenolic OH excluding ortho intramolecular Hbond substituents is 1. The number of fused-ring (bicyclic) bond motifs is 7. The van der Waals surface area contributed by atoms with E-state index in [-0.39, 0.29) is 37.9 Å². The lowest BCUT2D eigenvalue weighted by atomic mass is 9.82. The number of aromatic hydroxyl groups is 1. The lowest BCUT2D eigenvalue weighted by molar-refractivity contribution is -0.155. The van der Waals surface area contributed by atoms with Crippen molar-refractivity contribution in [3.8, 4) is 46.3 Å². The van der Waals surface area contributed by atoms with Gasteiger partial charge in [-0.3, -0.25) is 15.0 Å². The average molecular weight is 815 g/mol. The number of piperazine rings is 1. The molecule has 1 fully saturated rings. The lowest BCUT2D eigenvalue weighted by Gasteiger charge is -2.52. The smallest absolute Gasteiger partial charge is 0.331 e. The number of esters is 2. The molecular formula is C43H50N4O10S. The number of benzene rings is 3. The Morgan fingerprint density at radius 1 is 1.09 bits per heavy atom. The maximum Gasteiger partial charge on any atom is 0.331 e. The zero-order valence-corrected chi connectivity index (χ0v) is 34.8. The molecular weight excluding hydrogens is 765 g/mol. The van der Waals surface area contributed by atoms with Gasteiger partial charge >= 0.3 is 11.9 Å². The number of carbonyl (C=O) groups is 2. The molecule has 1 spiro atoms. The van der Waals surface area contributed by atoms with Crippen LogP contribution in [0.4, 0.5) is 0 Å². The number of cyclic esters (lactones) is 1. The summed E-state index contributed by atoms with van der Waals surface area (Å²) in [6, 6.07) is 6.79. The Labute approximate surface area is 342 Å². The predicted molar refractivity (Wildman–Crippen MR) is 214 cm³/mol. The van der Waals surface area contributed by atoms with Gasteiger partial charge in [0.05, 0.1) is 39.0 Å². The minimum atomic E-state index is -1.28. The fraction of sp³-hybridized carbons (Fsp3) is 0.512. The van der Waals surface area contributed by atoms with Gasteiger partial charge in [-0.2, -0.15) is 17.0 Å². The van der Waals surface area contributed by atoms with E-state index < -0.39 is 41.1 Å². The summed E-state index contributed by atoms with van der Waals surface area (Å²) in [6.45, 7) is 10.1. The molecule has 0 aromatic heterocycles. The number of phenols is 1. The molecule has 58 heavy (non-hydrogen) atoms. The molecule has 0 aliphatic carbocycles. The van der Waals surface area contributed by atoms with Crippen molar-refractivity contribution >= 4 is 23.7 Å². The minimum absolute atomic E-state index is 0.0275. The van der Waals surface area contributed by atoms with E-state index in [9.17, 15) is 15.2 Å². The summed E-state index contributed by atoms with van der Waals surface area (Å²) in [7, 11) is 3.11. The van der Waals surface area contributed by atoms with Gasteiger partial charge in [0.1, 0.15) is 17.9 Å². The van der Waals surface area contributed by atoms with Crippen LogP contribution in [-0.2, 0) is 38.5 Å². The number of carbonyl (C=O) groups excluding carboxylic acids is 2. The number of hydrogen-bond acceptors (Lipinski definition) is 15. The van der Waals surface area contributed by atoms with Gasteiger partial charge in [-0.15, -0.1) is 0 Å². The Kier molecular flexibility index (Phi) is 10.6. The molecule has 308 valence electrons. The van der Waals surface area contributed by atoms with Crippen LogP contribution in [0, 0.1) is 25.2 Å². The van der Waals surface area contributed by atoms with Crippen molar-refractivity contribution in [1.29, 1.82) is 5.26 Å². The molecule has 6 aliphatic rings. The van der Waals surface area contributed by atoms with Crippen molar-refractivity contribution in [3.63, 3.8) is 0 Å². The maximum atomic E-state index is 15.0. The molecule has 3 aromatic carbocycles. The number of nitrogens with zero attached hydrogens (tertiary/aromatic N) is 2. The van der Waals surface area contributed by atoms with E-state index >= 15 is 4.79 Å². The van der Waals surface area contributed by atoms with Crippen LogP contribution in [0.5, 0.6) is 40.2 Å². The van der Waals surface area contributed by atoms with Gasteiger partial charge in [-0.25, -0.2) is 4.79 Å². The summed E-state index contributed by atoms with van der Waals surface area (Å²) in [6.07, 6.45) is 1.74. The van der Waals surface area contributed by atoms with Crippen LogP contribution in [0.15, 0.2) is 18.2 Å². The van der Waals surface area contributed by atoms with E-state index in [1.54, 1.807) is 7.11 Å². The summed E-state index contributed by atoms with van der Waals surface area (Å²) in [4.78, 5) is 30.0. The lowest BCUT2D eigenvalue weighted by Crippen LogP contribution is -2.66. The van der Waals surface area contributed by atoms with Crippen molar-refractivity contribution in [2.75, 3.05) is 53.1 Å². The molecule has 0 amide bonds. The van der Waals surface area contributed by atoms with E-state index in [0.717, 1.165) is 28.7 Å². The Morgan fingerprint density at radius 2 is 1.88 bits per heavy atom. The average Bonchev–Trinajstić information content (AvgIpc) is 3.60. The van der Waals surface area contributed by atoms with Crippen molar-refractivity contribution in [2.45, 2.75) is 88.8 Å². The minimum Gasteiger partial charge on any atom is -0.504 e. The molecule has 3 N–H and O–H groups in total. The maximum absolute atomic E-state index is 15.0. The molecule has 0 radical (unpaired) electrons. The molecule has 6 aliphatic heterocycles. The first-order chi connectivity index (χ1) is 27.9. The zero-order valence-electron chi connectivity index (χ0n) is 34.0. The van der Waals surface area contributed by atoms with Gasteiger partial charge in [0.15, 0.2) is 40.0 Å². The highest BCUT2D eigenvalue weighted by atomic mass is 32.2. The third-order valence-corrected chi connectivity index (χ3v) is 13.4. The fourth-order valence-corrected chi connectivity index (χ4v) is 11.1. The van der Waals surface area contributed by atoms with Crippen LogP contribution < -0.4 is 39.1 Å². The van der Waals surface area contributed by atoms with Crippen LogP contribution >= 0.6 is 11.8 Å². The SMILES string of the molecule is CCCOc1cc2c(cc1OC)[C@@]1(CSCc3c(OC(C)=O)c(C)c4c(c3[C@@H](N3C(C)[C@@H]5NC[C@@]3(C#N)Cc3cc(C)c(OC)c(O)c35)COC1=O)OCO4)NCC2. The van der Waals surface area contributed by atoms with Gasteiger partial charge in [0.2, 0.25) is 6.79 Å². The van der Waals surface area contributed by atoms with Crippen molar-refractivity contribution in [1.82, 2.24) is 15.5 Å². The van der Waals surface area contributed by atoms with Gasteiger partial charge in [-0.1, -0.05) is 13.0 Å². The van der Waals surface area contributed by atoms with Gasteiger partial charge in [0.25, 0.3) is 0 Å². The second-order valence-corrected chi connectivity index (χ2v) is 16.7. The van der Waals surface area contributed by atoms with Gasteiger partial charge < -0.3 is 43.6 Å². The van der Waals surface area contributed by atoms with Crippen molar-refractivity contribution in [2.24, 2.45) is 0 Å². The van der Waals surface area contributed by atoms with Crippen LogP contribution in [0.2, 0.25) is 0 Å². The summed E-state index contributed by atoms with van der Waals surface area (Å²) >= 11 is 1.50. The van der Waals surface area contributed by atoms with Crippen molar-refractivity contribution in [3.05, 3.63) is 62.7 Å². The van der Waals surface area contributed by atoms with Crippen LogP contribution in [0.25, 0.3) is 0 Å². The van der Waals surface area contributed by atoms with E-state index in [2.05, 4.69) is 21.6 Å². The number of thioether (sulfide) groups is 1. The quantitative estimate of drug-likeness (QED) is 0.210. The van der Waals surface area contributed by atoms with E-state index in [1.807, 2.05) is 45.9 Å². The third kappa shape index (κ3) is 6.18. The number of hydrogen-bond donors (Lipinski definition) is 3. The molecule has 15 heteroatoms. The van der Waals surface area contributed by atoms with Crippen molar-refractivity contribution < 1.29 is 47.9 Å². The molecule has 2 bridgehead atoms. The van der Waals surface area contributed by atoms with Gasteiger partial charge in [0, 0.05) is 66.2 Å². The number of nitriles is 1. The summed E-state index contributed by atoms with van der Waals surface area (Å²) in [5, 5.41) is 30.2. The molecule has 0 saturated carbocycles. The van der Waals surface area contributed by atoms with Gasteiger partial charge in [-0.05, 0) is 68.0 Å². The molecule has 6 heterocycles. The third-order valence-electron chi connectivity index (χ3n) is 12.3.